The molecule has 0 radical (unpaired) electrons. The minimum absolute atomic E-state index is 0. The summed E-state index contributed by atoms with van der Waals surface area (Å²) in [6.07, 6.45) is 1.10. The minimum atomic E-state index is -0.555. The van der Waals surface area contributed by atoms with E-state index in [9.17, 15) is 4.21 Å². The smallest absolute Gasteiger partial charge is 0.0362 e. The predicted octanol–water partition coefficient (Wildman–Crippen LogP) is 0.223. The Labute approximate surface area is 94.5 Å². The van der Waals surface area contributed by atoms with E-state index < -0.39 is 10.8 Å². The van der Waals surface area contributed by atoms with E-state index in [1.165, 1.54) is 0 Å². The monoisotopic (exact) mass is 238 g/mol. The van der Waals surface area contributed by atoms with Crippen LogP contribution in [0.3, 0.4) is 0 Å². The van der Waals surface area contributed by atoms with Crippen LogP contribution in [0.5, 0.6) is 0 Å². The van der Waals surface area contributed by atoms with Crippen LogP contribution in [0, 0.1) is 0 Å². The third kappa shape index (κ3) is 2.69. The van der Waals surface area contributed by atoms with Gasteiger partial charge in [0, 0.05) is 54.0 Å². The molecule has 0 bridgehead atoms. The van der Waals surface area contributed by atoms with Gasteiger partial charge in [0.2, 0.25) is 0 Å². The van der Waals surface area contributed by atoms with Crippen LogP contribution < -0.4 is 5.32 Å². The third-order valence-corrected chi connectivity index (χ3v) is 4.46. The van der Waals surface area contributed by atoms with E-state index in [4.69, 9.17) is 0 Å². The number of rotatable bonds is 1. The van der Waals surface area contributed by atoms with Crippen molar-refractivity contribution >= 4 is 23.2 Å². The van der Waals surface area contributed by atoms with Gasteiger partial charge in [0.05, 0.1) is 0 Å². The number of nitrogens with one attached hydrogen (secondary N) is 1. The Morgan fingerprint density at radius 3 is 2.64 bits per heavy atom. The molecule has 2 fully saturated rings. The molecule has 2 atom stereocenters. The molecule has 2 heterocycles. The summed E-state index contributed by atoms with van der Waals surface area (Å²) < 4.78 is 11.4. The summed E-state index contributed by atoms with van der Waals surface area (Å²) in [6, 6.07) is 1.34. The van der Waals surface area contributed by atoms with Crippen molar-refractivity contribution < 1.29 is 4.21 Å². The molecule has 84 valence electrons. The SMILES string of the molecule is CC1CCS(=O)CCN1C1CNC1.Cl. The van der Waals surface area contributed by atoms with E-state index in [1.54, 1.807) is 0 Å². The fourth-order valence-corrected chi connectivity index (χ4v) is 3.27. The fourth-order valence-electron chi connectivity index (χ4n) is 2.05. The van der Waals surface area contributed by atoms with Gasteiger partial charge in [0.25, 0.3) is 0 Å². The highest BCUT2D eigenvalue weighted by molar-refractivity contribution is 7.85. The Hall–Kier alpha value is 0.360. The molecule has 0 amide bonds. The van der Waals surface area contributed by atoms with Gasteiger partial charge < -0.3 is 5.32 Å². The predicted molar refractivity (Wildman–Crippen MR) is 62.6 cm³/mol. The highest BCUT2D eigenvalue weighted by Gasteiger charge is 2.29. The zero-order valence-corrected chi connectivity index (χ0v) is 10.2. The van der Waals surface area contributed by atoms with Crippen molar-refractivity contribution in [3.63, 3.8) is 0 Å². The second-order valence-electron chi connectivity index (χ2n) is 4.04. The van der Waals surface area contributed by atoms with Crippen molar-refractivity contribution in [2.75, 3.05) is 31.1 Å². The van der Waals surface area contributed by atoms with Crippen LogP contribution in [0.2, 0.25) is 0 Å². The first-order valence-electron chi connectivity index (χ1n) is 5.09. The van der Waals surface area contributed by atoms with Gasteiger partial charge in [-0.3, -0.25) is 9.11 Å². The van der Waals surface area contributed by atoms with Gasteiger partial charge in [0.15, 0.2) is 0 Å². The van der Waals surface area contributed by atoms with E-state index in [-0.39, 0.29) is 12.4 Å². The molecule has 0 aromatic carbocycles. The lowest BCUT2D eigenvalue weighted by molar-refractivity contribution is 0.111. The first-order chi connectivity index (χ1) is 6.27. The van der Waals surface area contributed by atoms with Crippen molar-refractivity contribution in [2.45, 2.75) is 25.4 Å². The van der Waals surface area contributed by atoms with Crippen molar-refractivity contribution in [3.8, 4) is 0 Å². The zero-order chi connectivity index (χ0) is 9.26. The molecule has 2 aliphatic heterocycles. The van der Waals surface area contributed by atoms with E-state index >= 15 is 0 Å². The van der Waals surface area contributed by atoms with Crippen molar-refractivity contribution in [1.29, 1.82) is 0 Å². The Balaban J connectivity index is 0.000000980. The summed E-state index contributed by atoms with van der Waals surface area (Å²) in [4.78, 5) is 2.53. The van der Waals surface area contributed by atoms with Gasteiger partial charge in [-0.25, -0.2) is 0 Å². The lowest BCUT2D eigenvalue weighted by Crippen LogP contribution is -2.59. The van der Waals surface area contributed by atoms with E-state index in [0.29, 0.717) is 12.1 Å². The Morgan fingerprint density at radius 1 is 1.36 bits per heavy atom. The second-order valence-corrected chi connectivity index (χ2v) is 5.73. The number of halogens is 1. The van der Waals surface area contributed by atoms with Crippen LogP contribution >= 0.6 is 12.4 Å². The molecule has 2 unspecified atom stereocenters. The lowest BCUT2D eigenvalue weighted by atomic mass is 10.1. The van der Waals surface area contributed by atoms with Crippen LogP contribution in [-0.4, -0.2) is 52.3 Å². The summed E-state index contributed by atoms with van der Waals surface area (Å²) in [7, 11) is -0.555. The van der Waals surface area contributed by atoms with Gasteiger partial charge in [-0.15, -0.1) is 12.4 Å². The van der Waals surface area contributed by atoms with Gasteiger partial charge in [-0.1, -0.05) is 0 Å². The topological polar surface area (TPSA) is 32.3 Å². The maximum atomic E-state index is 11.4. The average Bonchev–Trinajstić information content (AvgIpc) is 2.16. The number of hydrogen-bond donors (Lipinski definition) is 1. The van der Waals surface area contributed by atoms with Crippen LogP contribution in [-0.2, 0) is 10.8 Å². The van der Waals surface area contributed by atoms with E-state index in [2.05, 4.69) is 17.1 Å². The molecule has 5 heteroatoms. The summed E-state index contributed by atoms with van der Waals surface area (Å²) in [5, 5.41) is 3.29. The molecule has 0 aromatic rings. The highest BCUT2D eigenvalue weighted by Crippen LogP contribution is 2.15. The van der Waals surface area contributed by atoms with Crippen molar-refractivity contribution in [1.82, 2.24) is 10.2 Å². The Bertz CT molecular complexity index is 211. The van der Waals surface area contributed by atoms with Gasteiger partial charge in [-0.05, 0) is 13.3 Å². The second kappa shape index (κ2) is 5.45. The number of hydrogen-bond acceptors (Lipinski definition) is 3. The summed E-state index contributed by atoms with van der Waals surface area (Å²) in [6.45, 7) is 5.54. The lowest BCUT2D eigenvalue weighted by Gasteiger charge is -2.40. The van der Waals surface area contributed by atoms with Gasteiger partial charge >= 0.3 is 0 Å². The molecule has 0 aliphatic carbocycles. The minimum Gasteiger partial charge on any atom is -0.314 e. The molecular formula is C9H19ClN2OS. The molecule has 0 aromatic heterocycles. The molecule has 2 rings (SSSR count). The molecule has 0 saturated carbocycles. The van der Waals surface area contributed by atoms with E-state index in [1.807, 2.05) is 0 Å². The Morgan fingerprint density at radius 2 is 2.07 bits per heavy atom. The van der Waals surface area contributed by atoms with Crippen LogP contribution in [0.1, 0.15) is 13.3 Å². The maximum Gasteiger partial charge on any atom is 0.0362 e. The molecule has 0 spiro atoms. The third-order valence-electron chi connectivity index (χ3n) is 3.14. The standard InChI is InChI=1S/C9H18N2OS.ClH/c1-8-2-4-13(12)5-3-11(8)9-6-10-7-9;/h8-10H,2-7H2,1H3;1H. The van der Waals surface area contributed by atoms with Crippen LogP contribution in [0.15, 0.2) is 0 Å². The van der Waals surface area contributed by atoms with Gasteiger partial charge in [0.1, 0.15) is 0 Å². The van der Waals surface area contributed by atoms with Crippen molar-refractivity contribution in [3.05, 3.63) is 0 Å². The largest absolute Gasteiger partial charge is 0.314 e. The first kappa shape index (κ1) is 12.4. The molecular weight excluding hydrogens is 220 g/mol. The quantitative estimate of drug-likeness (QED) is 0.710. The summed E-state index contributed by atoms with van der Waals surface area (Å²) in [5.74, 6) is 1.78. The van der Waals surface area contributed by atoms with Crippen LogP contribution in [0.4, 0.5) is 0 Å². The summed E-state index contributed by atoms with van der Waals surface area (Å²) >= 11 is 0. The van der Waals surface area contributed by atoms with Crippen molar-refractivity contribution in [2.24, 2.45) is 0 Å². The molecule has 2 aliphatic rings. The first-order valence-corrected chi connectivity index (χ1v) is 6.57. The molecule has 3 nitrogen and oxygen atoms in total. The molecule has 14 heavy (non-hydrogen) atoms. The zero-order valence-electron chi connectivity index (χ0n) is 8.57. The summed E-state index contributed by atoms with van der Waals surface area (Å²) in [5.41, 5.74) is 0. The highest BCUT2D eigenvalue weighted by atomic mass is 35.5. The molecule has 2 saturated heterocycles. The Kier molecular flexibility index (Phi) is 4.83. The van der Waals surface area contributed by atoms with E-state index in [0.717, 1.165) is 37.6 Å². The average molecular weight is 239 g/mol. The fraction of sp³-hybridized carbons (Fsp3) is 1.00. The van der Waals surface area contributed by atoms with Crippen LogP contribution in [0.25, 0.3) is 0 Å². The van der Waals surface area contributed by atoms with Gasteiger partial charge in [-0.2, -0.15) is 0 Å². The maximum absolute atomic E-state index is 11.4. The number of nitrogens with zero attached hydrogens (tertiary/aromatic N) is 1. The normalized spacial score (nSPS) is 35.5. The molecule has 1 N–H and O–H groups in total.